The van der Waals surface area contributed by atoms with Gasteiger partial charge in [0.05, 0.1) is 5.69 Å². The molecule has 26 heavy (non-hydrogen) atoms. The predicted octanol–water partition coefficient (Wildman–Crippen LogP) is 2.85. The Hall–Kier alpha value is -3.02. The lowest BCUT2D eigenvalue weighted by Gasteiger charge is -2.17. The van der Waals surface area contributed by atoms with Crippen LogP contribution in [-0.2, 0) is 4.79 Å². The standard InChI is InChI=1S/C20H22N4O2/c1-12-8-13(2)17(19(25)9-12)10-21-20(26)16-6-5-7-18(14(16)3)24-11-22-23-15(24)4/h5-8,11H,9-10H2,1-4H3,(H,21,26). The number of Topliss-reactive ketones (excluding diaryl/α,β-unsaturated/α-hetero) is 1. The molecule has 1 aromatic carbocycles. The third kappa shape index (κ3) is 3.35. The summed E-state index contributed by atoms with van der Waals surface area (Å²) in [5, 5.41) is 10.8. The fourth-order valence-corrected chi connectivity index (χ4v) is 3.25. The van der Waals surface area contributed by atoms with Gasteiger partial charge in [-0.05, 0) is 51.0 Å². The number of carbonyl (C=O) groups is 2. The van der Waals surface area contributed by atoms with Crippen LogP contribution in [0.2, 0.25) is 0 Å². The minimum Gasteiger partial charge on any atom is -0.348 e. The van der Waals surface area contributed by atoms with Crippen LogP contribution >= 0.6 is 0 Å². The normalized spacial score (nSPS) is 14.5. The van der Waals surface area contributed by atoms with Crippen LogP contribution in [-0.4, -0.2) is 33.0 Å². The van der Waals surface area contributed by atoms with Crippen molar-refractivity contribution in [2.75, 3.05) is 6.54 Å². The summed E-state index contributed by atoms with van der Waals surface area (Å²) >= 11 is 0. The van der Waals surface area contributed by atoms with Crippen molar-refractivity contribution in [1.29, 1.82) is 0 Å². The summed E-state index contributed by atoms with van der Waals surface area (Å²) in [6.45, 7) is 7.84. The lowest BCUT2D eigenvalue weighted by Crippen LogP contribution is -2.30. The predicted molar refractivity (Wildman–Crippen MR) is 99.2 cm³/mol. The van der Waals surface area contributed by atoms with E-state index in [2.05, 4.69) is 15.5 Å². The van der Waals surface area contributed by atoms with E-state index in [0.717, 1.165) is 28.2 Å². The van der Waals surface area contributed by atoms with Gasteiger partial charge in [0.1, 0.15) is 12.2 Å². The Labute approximate surface area is 152 Å². The Morgan fingerprint density at radius 2 is 2.00 bits per heavy atom. The van der Waals surface area contributed by atoms with E-state index in [-0.39, 0.29) is 18.2 Å². The van der Waals surface area contributed by atoms with E-state index in [1.54, 1.807) is 12.4 Å². The molecule has 0 saturated heterocycles. The Morgan fingerprint density at radius 3 is 2.65 bits per heavy atom. The van der Waals surface area contributed by atoms with Gasteiger partial charge >= 0.3 is 0 Å². The first-order chi connectivity index (χ1) is 12.4. The molecule has 2 aromatic rings. The van der Waals surface area contributed by atoms with E-state index in [4.69, 9.17) is 0 Å². The zero-order valence-electron chi connectivity index (χ0n) is 15.5. The van der Waals surface area contributed by atoms with Gasteiger partial charge in [0.2, 0.25) is 0 Å². The molecule has 1 heterocycles. The molecule has 0 atom stereocenters. The highest BCUT2D eigenvalue weighted by Crippen LogP contribution is 2.21. The van der Waals surface area contributed by atoms with E-state index in [1.807, 2.05) is 50.5 Å². The number of rotatable bonds is 4. The van der Waals surface area contributed by atoms with Crippen LogP contribution in [0, 0.1) is 13.8 Å². The van der Waals surface area contributed by atoms with Crippen molar-refractivity contribution in [3.05, 3.63) is 64.3 Å². The molecule has 1 amide bonds. The van der Waals surface area contributed by atoms with E-state index in [9.17, 15) is 9.59 Å². The van der Waals surface area contributed by atoms with Crippen molar-refractivity contribution in [1.82, 2.24) is 20.1 Å². The summed E-state index contributed by atoms with van der Waals surface area (Å²) in [5.74, 6) is 0.629. The van der Waals surface area contributed by atoms with Crippen molar-refractivity contribution in [2.24, 2.45) is 0 Å². The zero-order valence-corrected chi connectivity index (χ0v) is 15.5. The molecular weight excluding hydrogens is 328 g/mol. The summed E-state index contributed by atoms with van der Waals surface area (Å²) in [5.41, 5.74) is 4.92. The van der Waals surface area contributed by atoms with Crippen LogP contribution in [0.4, 0.5) is 0 Å². The first-order valence-electron chi connectivity index (χ1n) is 8.53. The van der Waals surface area contributed by atoms with Crippen LogP contribution in [0.3, 0.4) is 0 Å². The molecule has 134 valence electrons. The van der Waals surface area contributed by atoms with Gasteiger partial charge in [-0.2, -0.15) is 0 Å². The van der Waals surface area contributed by atoms with Crippen LogP contribution in [0.1, 0.15) is 42.0 Å². The molecule has 6 nitrogen and oxygen atoms in total. The summed E-state index contributed by atoms with van der Waals surface area (Å²) in [7, 11) is 0. The highest BCUT2D eigenvalue weighted by Gasteiger charge is 2.19. The maximum absolute atomic E-state index is 12.7. The highest BCUT2D eigenvalue weighted by atomic mass is 16.2. The second-order valence-electron chi connectivity index (χ2n) is 6.63. The molecular formula is C20H22N4O2. The van der Waals surface area contributed by atoms with Crippen molar-refractivity contribution >= 4 is 11.7 Å². The van der Waals surface area contributed by atoms with Gasteiger partial charge < -0.3 is 5.32 Å². The summed E-state index contributed by atoms with van der Waals surface area (Å²) in [6, 6.07) is 5.54. The number of nitrogens with zero attached hydrogens (tertiary/aromatic N) is 3. The first kappa shape index (κ1) is 17.8. The lowest BCUT2D eigenvalue weighted by atomic mass is 9.92. The molecule has 0 unspecified atom stereocenters. The maximum atomic E-state index is 12.7. The summed E-state index contributed by atoms with van der Waals surface area (Å²) in [4.78, 5) is 24.9. The topological polar surface area (TPSA) is 76.9 Å². The maximum Gasteiger partial charge on any atom is 0.251 e. The molecule has 1 aliphatic carbocycles. The zero-order chi connectivity index (χ0) is 18.8. The Kier molecular flexibility index (Phi) is 4.84. The Balaban J connectivity index is 1.82. The van der Waals surface area contributed by atoms with Crippen molar-refractivity contribution in [3.8, 4) is 5.69 Å². The third-order valence-corrected chi connectivity index (χ3v) is 4.67. The van der Waals surface area contributed by atoms with Crippen molar-refractivity contribution in [3.63, 3.8) is 0 Å². The average Bonchev–Trinajstić information content (AvgIpc) is 2.99. The number of ketones is 1. The minimum absolute atomic E-state index is 0.0772. The number of nitrogens with one attached hydrogen (secondary N) is 1. The van der Waals surface area contributed by atoms with E-state index in [0.29, 0.717) is 17.6 Å². The largest absolute Gasteiger partial charge is 0.348 e. The first-order valence-corrected chi connectivity index (χ1v) is 8.53. The van der Waals surface area contributed by atoms with Gasteiger partial charge in [-0.25, -0.2) is 0 Å². The molecule has 1 N–H and O–H groups in total. The summed E-state index contributed by atoms with van der Waals surface area (Å²) in [6.07, 6.45) is 4.05. The average molecular weight is 350 g/mol. The molecule has 6 heteroatoms. The SMILES string of the molecule is CC1=CC(C)=C(CNC(=O)c2cccc(-n3cnnc3C)c2C)C(=O)C1. The molecule has 0 saturated carbocycles. The van der Waals surface area contributed by atoms with E-state index >= 15 is 0 Å². The molecule has 0 aliphatic heterocycles. The second-order valence-corrected chi connectivity index (χ2v) is 6.63. The minimum atomic E-state index is -0.200. The molecule has 0 bridgehead atoms. The van der Waals surface area contributed by atoms with Crippen LogP contribution in [0.5, 0.6) is 0 Å². The molecule has 1 aliphatic rings. The van der Waals surface area contributed by atoms with Gasteiger partial charge in [-0.15, -0.1) is 10.2 Å². The highest BCUT2D eigenvalue weighted by molar-refractivity contribution is 6.01. The monoisotopic (exact) mass is 350 g/mol. The number of aryl methyl sites for hydroxylation is 1. The van der Waals surface area contributed by atoms with E-state index in [1.165, 1.54) is 0 Å². The van der Waals surface area contributed by atoms with Gasteiger partial charge in [-0.1, -0.05) is 17.7 Å². The number of aromatic nitrogens is 3. The van der Waals surface area contributed by atoms with Crippen LogP contribution in [0.15, 0.2) is 47.3 Å². The third-order valence-electron chi connectivity index (χ3n) is 4.67. The van der Waals surface area contributed by atoms with Gasteiger partial charge in [0, 0.05) is 24.1 Å². The number of allylic oxidation sites excluding steroid dienone is 3. The molecule has 0 radical (unpaired) electrons. The van der Waals surface area contributed by atoms with Gasteiger partial charge in [0.25, 0.3) is 5.91 Å². The Morgan fingerprint density at radius 1 is 1.23 bits per heavy atom. The quantitative estimate of drug-likeness (QED) is 0.920. The Bertz CT molecular complexity index is 950. The number of benzene rings is 1. The number of amides is 1. The number of hydrogen-bond acceptors (Lipinski definition) is 4. The van der Waals surface area contributed by atoms with Crippen LogP contribution < -0.4 is 5.32 Å². The van der Waals surface area contributed by atoms with Crippen molar-refractivity contribution < 1.29 is 9.59 Å². The fourth-order valence-electron chi connectivity index (χ4n) is 3.25. The van der Waals surface area contributed by atoms with E-state index < -0.39 is 0 Å². The van der Waals surface area contributed by atoms with Crippen LogP contribution in [0.25, 0.3) is 5.69 Å². The summed E-state index contributed by atoms with van der Waals surface area (Å²) < 4.78 is 1.84. The smallest absolute Gasteiger partial charge is 0.251 e. The molecule has 3 rings (SSSR count). The van der Waals surface area contributed by atoms with Crippen molar-refractivity contribution in [2.45, 2.75) is 34.1 Å². The van der Waals surface area contributed by atoms with Gasteiger partial charge in [0.15, 0.2) is 5.78 Å². The molecule has 0 fully saturated rings. The number of carbonyl (C=O) groups excluding carboxylic acids is 2. The lowest BCUT2D eigenvalue weighted by molar-refractivity contribution is -0.115. The second kappa shape index (κ2) is 7.07. The number of hydrogen-bond donors (Lipinski definition) is 1. The fraction of sp³-hybridized carbons (Fsp3) is 0.300. The molecule has 1 aromatic heterocycles. The van der Waals surface area contributed by atoms with Gasteiger partial charge in [-0.3, -0.25) is 14.2 Å². The molecule has 0 spiro atoms.